The van der Waals surface area contributed by atoms with Crippen molar-refractivity contribution in [3.63, 3.8) is 0 Å². The SMILES string of the molecule is C=CCN1C[C@H](C)N(S(=O)(=O)c2cnc(OCC)c(-c3nc4c(CCC)n(Cc5ccccn5)nc4c(=O)[nH]3)c2)C[C@H]1C. The monoisotopic (exact) mass is 606 g/mol. The summed E-state index contributed by atoms with van der Waals surface area (Å²) in [5.41, 5.74) is 2.11. The van der Waals surface area contributed by atoms with Gasteiger partial charge in [0.15, 0.2) is 5.52 Å². The van der Waals surface area contributed by atoms with E-state index >= 15 is 0 Å². The largest absolute Gasteiger partial charge is 0.477 e. The van der Waals surface area contributed by atoms with Gasteiger partial charge in [0.05, 0.1) is 36.3 Å². The molecule has 4 aromatic rings. The van der Waals surface area contributed by atoms with Crippen LogP contribution in [0.15, 0.2) is 59.0 Å². The summed E-state index contributed by atoms with van der Waals surface area (Å²) in [7, 11) is -3.93. The Balaban J connectivity index is 1.59. The molecule has 4 aromatic heterocycles. The first kappa shape index (κ1) is 30.5. The second-order valence-electron chi connectivity index (χ2n) is 10.8. The van der Waals surface area contributed by atoms with E-state index in [0.717, 1.165) is 17.8 Å². The van der Waals surface area contributed by atoms with E-state index in [0.29, 0.717) is 44.7 Å². The molecular formula is C30H38N8O4S. The van der Waals surface area contributed by atoms with Crippen LogP contribution in [0.5, 0.6) is 5.88 Å². The van der Waals surface area contributed by atoms with Gasteiger partial charge in [-0.25, -0.2) is 18.4 Å². The number of sulfonamides is 1. The molecule has 2 atom stereocenters. The number of hydrogen-bond acceptors (Lipinski definition) is 9. The summed E-state index contributed by atoms with van der Waals surface area (Å²) in [4.78, 5) is 32.0. The van der Waals surface area contributed by atoms with Gasteiger partial charge in [-0.2, -0.15) is 9.40 Å². The highest BCUT2D eigenvalue weighted by Gasteiger charge is 2.37. The fourth-order valence-electron chi connectivity index (χ4n) is 5.50. The van der Waals surface area contributed by atoms with Crippen molar-refractivity contribution < 1.29 is 13.2 Å². The molecule has 5 heterocycles. The second-order valence-corrected chi connectivity index (χ2v) is 12.6. The molecule has 1 aliphatic heterocycles. The Hall–Kier alpha value is -3.94. The summed E-state index contributed by atoms with van der Waals surface area (Å²) in [6, 6.07) is 6.89. The molecule has 0 bridgehead atoms. The molecule has 0 spiro atoms. The van der Waals surface area contributed by atoms with Crippen molar-refractivity contribution in [1.82, 2.24) is 38.9 Å². The Bertz CT molecular complexity index is 1770. The number of aromatic nitrogens is 6. The third-order valence-electron chi connectivity index (χ3n) is 7.62. The van der Waals surface area contributed by atoms with E-state index in [9.17, 15) is 13.2 Å². The number of hydrogen-bond donors (Lipinski definition) is 1. The third kappa shape index (κ3) is 6.10. The van der Waals surface area contributed by atoms with Crippen LogP contribution in [0.1, 0.15) is 45.5 Å². The van der Waals surface area contributed by atoms with E-state index in [1.165, 1.54) is 16.6 Å². The predicted octanol–water partition coefficient (Wildman–Crippen LogP) is 3.25. The first-order valence-corrected chi connectivity index (χ1v) is 16.0. The number of rotatable bonds is 11. The molecule has 43 heavy (non-hydrogen) atoms. The molecule has 0 aliphatic carbocycles. The maximum atomic E-state index is 14.0. The molecule has 0 unspecified atom stereocenters. The minimum atomic E-state index is -3.93. The van der Waals surface area contributed by atoms with Crippen LogP contribution in [0.2, 0.25) is 0 Å². The molecule has 13 heteroatoms. The van der Waals surface area contributed by atoms with Crippen LogP contribution < -0.4 is 10.3 Å². The van der Waals surface area contributed by atoms with Gasteiger partial charge in [-0.1, -0.05) is 25.5 Å². The van der Waals surface area contributed by atoms with Crippen LogP contribution in [0.3, 0.4) is 0 Å². The minimum Gasteiger partial charge on any atom is -0.477 e. The second kappa shape index (κ2) is 12.7. The maximum absolute atomic E-state index is 14.0. The van der Waals surface area contributed by atoms with Gasteiger partial charge in [0.2, 0.25) is 15.9 Å². The zero-order valence-corrected chi connectivity index (χ0v) is 25.8. The van der Waals surface area contributed by atoms with Crippen LogP contribution in [0, 0.1) is 0 Å². The van der Waals surface area contributed by atoms with Gasteiger partial charge >= 0.3 is 0 Å². The topological polar surface area (TPSA) is 139 Å². The van der Waals surface area contributed by atoms with Crippen LogP contribution in [0.25, 0.3) is 22.4 Å². The lowest BCUT2D eigenvalue weighted by atomic mass is 10.1. The van der Waals surface area contributed by atoms with Crippen molar-refractivity contribution in [2.24, 2.45) is 0 Å². The summed E-state index contributed by atoms with van der Waals surface area (Å²) in [5, 5.41) is 4.58. The van der Waals surface area contributed by atoms with Gasteiger partial charge in [0.1, 0.15) is 16.2 Å². The fraction of sp³-hybridized carbons (Fsp3) is 0.433. The number of nitrogens with one attached hydrogen (secondary N) is 1. The van der Waals surface area contributed by atoms with Crippen molar-refractivity contribution >= 4 is 21.1 Å². The number of fused-ring (bicyclic) bond motifs is 1. The first-order valence-electron chi connectivity index (χ1n) is 14.6. The predicted molar refractivity (Wildman–Crippen MR) is 164 cm³/mol. The van der Waals surface area contributed by atoms with Crippen molar-refractivity contribution in [3.05, 3.63) is 71.1 Å². The number of aryl methyl sites for hydroxylation is 1. The van der Waals surface area contributed by atoms with E-state index in [1.807, 2.05) is 52.0 Å². The molecule has 0 aromatic carbocycles. The molecule has 1 fully saturated rings. The average Bonchev–Trinajstić information content (AvgIpc) is 3.33. The zero-order chi connectivity index (χ0) is 30.7. The number of nitrogens with zero attached hydrogens (tertiary/aromatic N) is 7. The van der Waals surface area contributed by atoms with Gasteiger partial charge in [0, 0.05) is 37.9 Å². The summed E-state index contributed by atoms with van der Waals surface area (Å²) in [6.45, 7) is 13.9. The van der Waals surface area contributed by atoms with Crippen LogP contribution in [0.4, 0.5) is 0 Å². The van der Waals surface area contributed by atoms with E-state index < -0.39 is 15.6 Å². The number of H-pyrrole nitrogens is 1. The van der Waals surface area contributed by atoms with Crippen LogP contribution in [-0.4, -0.2) is 85.7 Å². The molecule has 1 aliphatic rings. The van der Waals surface area contributed by atoms with E-state index in [1.54, 1.807) is 10.9 Å². The zero-order valence-electron chi connectivity index (χ0n) is 25.0. The Kier molecular flexibility index (Phi) is 9.04. The number of pyridine rings is 2. The number of aromatic amines is 1. The highest BCUT2D eigenvalue weighted by Crippen LogP contribution is 2.32. The Morgan fingerprint density at radius 2 is 1.95 bits per heavy atom. The van der Waals surface area contributed by atoms with Crippen molar-refractivity contribution in [1.29, 1.82) is 0 Å². The lowest BCUT2D eigenvalue weighted by Crippen LogP contribution is -2.57. The third-order valence-corrected chi connectivity index (χ3v) is 9.56. The smallest absolute Gasteiger partial charge is 0.279 e. The van der Waals surface area contributed by atoms with Gasteiger partial charge in [0.25, 0.3) is 5.56 Å². The van der Waals surface area contributed by atoms with Gasteiger partial charge in [-0.3, -0.25) is 19.4 Å². The molecule has 0 radical (unpaired) electrons. The average molecular weight is 607 g/mol. The molecule has 228 valence electrons. The van der Waals surface area contributed by atoms with Crippen LogP contribution >= 0.6 is 0 Å². The molecule has 1 saturated heterocycles. The van der Waals surface area contributed by atoms with Crippen molar-refractivity contribution in [2.45, 2.75) is 64.1 Å². The summed E-state index contributed by atoms with van der Waals surface area (Å²) in [6.07, 6.45) is 6.30. The van der Waals surface area contributed by atoms with Crippen molar-refractivity contribution in [3.8, 4) is 17.3 Å². The lowest BCUT2D eigenvalue weighted by Gasteiger charge is -2.42. The van der Waals surface area contributed by atoms with Gasteiger partial charge in [-0.15, -0.1) is 6.58 Å². The highest BCUT2D eigenvalue weighted by molar-refractivity contribution is 7.89. The van der Waals surface area contributed by atoms with E-state index in [-0.39, 0.29) is 39.8 Å². The first-order chi connectivity index (χ1) is 20.7. The standard InChI is InChI=1S/C30H38N8O4S/c1-6-11-25-26-27(35-37(25)19-22-12-9-10-13-31-22)29(39)34-28(33-26)24-15-23(16-32-30(24)42-8-3)43(40,41)38-18-20(4)36(14-7-2)17-21(38)5/h7,9-10,12-13,15-16,20-21H,2,6,8,11,14,17-19H2,1,3-5H3,(H,33,34,39)/t20-,21+/m1/s1. The Morgan fingerprint density at radius 3 is 2.65 bits per heavy atom. The summed E-state index contributed by atoms with van der Waals surface area (Å²) >= 11 is 0. The van der Waals surface area contributed by atoms with Crippen molar-refractivity contribution in [2.75, 3.05) is 26.2 Å². The molecule has 5 rings (SSSR count). The molecular weight excluding hydrogens is 568 g/mol. The molecule has 1 N–H and O–H groups in total. The summed E-state index contributed by atoms with van der Waals surface area (Å²) in [5.74, 6) is 0.344. The lowest BCUT2D eigenvalue weighted by molar-refractivity contribution is 0.104. The van der Waals surface area contributed by atoms with Crippen LogP contribution in [-0.2, 0) is 23.0 Å². The summed E-state index contributed by atoms with van der Waals surface area (Å²) < 4.78 is 36.9. The fourth-order valence-corrected chi connectivity index (χ4v) is 7.18. The molecule has 12 nitrogen and oxygen atoms in total. The van der Waals surface area contributed by atoms with Gasteiger partial charge < -0.3 is 9.72 Å². The quantitative estimate of drug-likeness (QED) is 0.255. The van der Waals surface area contributed by atoms with Gasteiger partial charge in [-0.05, 0) is 45.4 Å². The van der Waals surface area contributed by atoms with E-state index in [4.69, 9.17) is 9.72 Å². The minimum absolute atomic E-state index is 0.00421. The normalized spacial score (nSPS) is 18.2. The number of piperazine rings is 1. The van der Waals surface area contributed by atoms with E-state index in [2.05, 4.69) is 31.5 Å². The number of ether oxygens (including phenoxy) is 1. The maximum Gasteiger partial charge on any atom is 0.279 e. The highest BCUT2D eigenvalue weighted by atomic mass is 32.2. The Labute approximate surface area is 251 Å². The molecule has 0 saturated carbocycles. The molecule has 0 amide bonds. The Morgan fingerprint density at radius 1 is 1.14 bits per heavy atom.